The number of rotatable bonds is 6. The molecule has 2 aliphatic heterocycles. The Morgan fingerprint density at radius 2 is 1.83 bits per heavy atom. The highest BCUT2D eigenvalue weighted by Crippen LogP contribution is 2.37. The van der Waals surface area contributed by atoms with Crippen LogP contribution in [-0.4, -0.2) is 78.3 Å². The number of alkyl halides is 3. The van der Waals surface area contributed by atoms with Crippen molar-refractivity contribution in [1.29, 1.82) is 0 Å². The highest BCUT2D eigenvalue weighted by atomic mass is 19.4. The van der Waals surface area contributed by atoms with E-state index in [2.05, 4.69) is 14.9 Å². The van der Waals surface area contributed by atoms with Crippen LogP contribution < -0.4 is 10.5 Å². The lowest BCUT2D eigenvalue weighted by Crippen LogP contribution is -2.52. The zero-order valence-corrected chi connectivity index (χ0v) is 19.8. The molecule has 1 aromatic heterocycles. The molecule has 0 spiro atoms. The van der Waals surface area contributed by atoms with Crippen molar-refractivity contribution in [3.63, 3.8) is 0 Å². The Morgan fingerprint density at radius 1 is 1.14 bits per heavy atom. The average molecular weight is 496 g/mol. The Balaban J connectivity index is 1.53. The standard InChI is InChI=1S/C24H32F3N5O3/c1-34-11-8-20-13-22(30-29-20)18-12-17(16-2-4-21(5-3-16)35-24(25,26)27)14-32(15-18)23(33)31-9-6-19(28)7-10-31/h2-5,13,17-19H,6-12,14-15,28H2,1H3,(H,29,30). The number of hydrogen-bond acceptors (Lipinski definition) is 5. The zero-order valence-electron chi connectivity index (χ0n) is 19.8. The van der Waals surface area contributed by atoms with Gasteiger partial charge in [-0.15, -0.1) is 13.2 Å². The maximum Gasteiger partial charge on any atom is 0.573 e. The quantitative estimate of drug-likeness (QED) is 0.638. The Bertz CT molecular complexity index is 974. The molecule has 0 bridgehead atoms. The topological polar surface area (TPSA) is 96.7 Å². The Hall–Kier alpha value is -2.79. The van der Waals surface area contributed by atoms with Gasteiger partial charge in [-0.2, -0.15) is 5.10 Å². The number of benzene rings is 1. The number of ether oxygens (including phenoxy) is 2. The van der Waals surface area contributed by atoms with Crippen LogP contribution in [0.3, 0.4) is 0 Å². The molecule has 2 fully saturated rings. The van der Waals surface area contributed by atoms with Gasteiger partial charge in [-0.25, -0.2) is 4.79 Å². The van der Waals surface area contributed by atoms with E-state index in [0.29, 0.717) is 39.2 Å². The summed E-state index contributed by atoms with van der Waals surface area (Å²) < 4.78 is 46.8. The molecular weight excluding hydrogens is 463 g/mol. The Morgan fingerprint density at radius 3 is 2.49 bits per heavy atom. The van der Waals surface area contributed by atoms with E-state index in [-0.39, 0.29) is 29.7 Å². The van der Waals surface area contributed by atoms with E-state index in [4.69, 9.17) is 10.5 Å². The van der Waals surface area contributed by atoms with E-state index >= 15 is 0 Å². The van der Waals surface area contributed by atoms with E-state index < -0.39 is 6.36 Å². The van der Waals surface area contributed by atoms with E-state index in [9.17, 15) is 18.0 Å². The highest BCUT2D eigenvalue weighted by molar-refractivity contribution is 5.75. The second kappa shape index (κ2) is 10.9. The van der Waals surface area contributed by atoms with Crippen molar-refractivity contribution >= 4 is 6.03 Å². The molecule has 2 saturated heterocycles. The molecule has 192 valence electrons. The van der Waals surface area contributed by atoms with Crippen LogP contribution in [0, 0.1) is 0 Å². The highest BCUT2D eigenvalue weighted by Gasteiger charge is 2.36. The van der Waals surface area contributed by atoms with Crippen LogP contribution in [0.15, 0.2) is 30.3 Å². The number of aromatic nitrogens is 2. The molecule has 0 radical (unpaired) electrons. The summed E-state index contributed by atoms with van der Waals surface area (Å²) in [6.45, 7) is 2.83. The van der Waals surface area contributed by atoms with Gasteiger partial charge in [0.15, 0.2) is 0 Å². The number of likely N-dealkylation sites (tertiary alicyclic amines) is 2. The van der Waals surface area contributed by atoms with Gasteiger partial charge in [0.25, 0.3) is 0 Å². The molecule has 2 atom stereocenters. The predicted octanol–water partition coefficient (Wildman–Crippen LogP) is 3.61. The second-order valence-corrected chi connectivity index (χ2v) is 9.32. The van der Waals surface area contributed by atoms with Crippen LogP contribution >= 0.6 is 0 Å². The number of urea groups is 1. The minimum Gasteiger partial charge on any atom is -0.406 e. The molecular formula is C24H32F3N5O3. The van der Waals surface area contributed by atoms with Crippen LogP contribution in [0.1, 0.15) is 48.0 Å². The average Bonchev–Trinajstić information content (AvgIpc) is 3.31. The van der Waals surface area contributed by atoms with Crippen molar-refractivity contribution in [2.45, 2.75) is 49.9 Å². The van der Waals surface area contributed by atoms with Crippen LogP contribution in [-0.2, 0) is 11.2 Å². The minimum absolute atomic E-state index is 0.0107. The van der Waals surface area contributed by atoms with Crippen LogP contribution in [0.25, 0.3) is 0 Å². The number of hydrogen-bond donors (Lipinski definition) is 2. The second-order valence-electron chi connectivity index (χ2n) is 9.32. The van der Waals surface area contributed by atoms with Crippen LogP contribution in [0.5, 0.6) is 5.75 Å². The lowest BCUT2D eigenvalue weighted by Gasteiger charge is -2.41. The van der Waals surface area contributed by atoms with E-state index in [0.717, 1.165) is 36.2 Å². The summed E-state index contributed by atoms with van der Waals surface area (Å²) in [7, 11) is 1.64. The Labute approximate surface area is 202 Å². The van der Waals surface area contributed by atoms with Gasteiger partial charge in [-0.05, 0) is 43.0 Å². The SMILES string of the molecule is COCCc1cc(C2CC(c3ccc(OC(F)(F)F)cc3)CN(C(=O)N3CCC(N)CC3)C2)n[nH]1. The van der Waals surface area contributed by atoms with Gasteiger partial charge in [0, 0.05) is 63.3 Å². The van der Waals surface area contributed by atoms with Gasteiger partial charge >= 0.3 is 12.4 Å². The molecule has 3 N–H and O–H groups in total. The summed E-state index contributed by atoms with van der Waals surface area (Å²) in [5, 5.41) is 7.55. The first-order valence-electron chi connectivity index (χ1n) is 11.9. The first-order valence-corrected chi connectivity index (χ1v) is 11.9. The normalized spacial score (nSPS) is 21.9. The number of H-pyrrole nitrogens is 1. The lowest BCUT2D eigenvalue weighted by molar-refractivity contribution is -0.274. The largest absolute Gasteiger partial charge is 0.573 e. The molecule has 0 saturated carbocycles. The molecule has 35 heavy (non-hydrogen) atoms. The smallest absolute Gasteiger partial charge is 0.406 e. The van der Waals surface area contributed by atoms with Gasteiger partial charge in [0.2, 0.25) is 0 Å². The number of carbonyl (C=O) groups excluding carboxylic acids is 1. The van der Waals surface area contributed by atoms with Gasteiger partial charge in [-0.3, -0.25) is 5.10 Å². The predicted molar refractivity (Wildman–Crippen MR) is 123 cm³/mol. The number of methoxy groups -OCH3 is 1. The number of halogens is 3. The number of carbonyl (C=O) groups is 1. The van der Waals surface area contributed by atoms with E-state index in [1.165, 1.54) is 12.1 Å². The van der Waals surface area contributed by atoms with Crippen molar-refractivity contribution in [3.05, 3.63) is 47.3 Å². The first kappa shape index (κ1) is 25.3. The molecule has 2 amide bonds. The number of piperidine rings is 2. The molecule has 4 rings (SSSR count). The molecule has 11 heteroatoms. The van der Waals surface area contributed by atoms with Gasteiger partial charge in [0.05, 0.1) is 12.3 Å². The Kier molecular flexibility index (Phi) is 7.85. The molecule has 3 heterocycles. The molecule has 0 aliphatic carbocycles. The van der Waals surface area contributed by atoms with Crippen molar-refractivity contribution < 1.29 is 27.4 Å². The number of nitrogens with one attached hydrogen (secondary N) is 1. The minimum atomic E-state index is -4.74. The summed E-state index contributed by atoms with van der Waals surface area (Å²) in [6, 6.07) is 8.03. The summed E-state index contributed by atoms with van der Waals surface area (Å²) in [6.07, 6.45) is -1.76. The van der Waals surface area contributed by atoms with E-state index in [1.807, 2.05) is 15.9 Å². The maximum atomic E-state index is 13.4. The van der Waals surface area contributed by atoms with Crippen molar-refractivity contribution in [2.75, 3.05) is 39.9 Å². The van der Waals surface area contributed by atoms with Crippen molar-refractivity contribution in [3.8, 4) is 5.75 Å². The fourth-order valence-electron chi connectivity index (χ4n) is 4.87. The third-order valence-electron chi connectivity index (χ3n) is 6.76. The van der Waals surface area contributed by atoms with Crippen molar-refractivity contribution in [2.24, 2.45) is 5.73 Å². The fourth-order valence-corrected chi connectivity index (χ4v) is 4.87. The first-order chi connectivity index (χ1) is 16.7. The fraction of sp³-hybridized carbons (Fsp3) is 0.583. The summed E-state index contributed by atoms with van der Waals surface area (Å²) >= 11 is 0. The van der Waals surface area contributed by atoms with Gasteiger partial charge in [-0.1, -0.05) is 12.1 Å². The summed E-state index contributed by atoms with van der Waals surface area (Å²) in [4.78, 5) is 17.1. The molecule has 1 aromatic carbocycles. The molecule has 8 nitrogen and oxygen atoms in total. The number of amides is 2. The summed E-state index contributed by atoms with van der Waals surface area (Å²) in [5.41, 5.74) is 8.70. The van der Waals surface area contributed by atoms with E-state index in [1.54, 1.807) is 19.2 Å². The lowest BCUT2D eigenvalue weighted by atomic mass is 9.83. The number of aromatic amines is 1. The van der Waals surface area contributed by atoms with Gasteiger partial charge < -0.3 is 25.0 Å². The number of nitrogens with two attached hydrogens (primary N) is 1. The molecule has 2 aliphatic rings. The number of nitrogens with zero attached hydrogens (tertiary/aromatic N) is 3. The molecule has 2 unspecified atom stereocenters. The van der Waals surface area contributed by atoms with Crippen molar-refractivity contribution in [1.82, 2.24) is 20.0 Å². The summed E-state index contributed by atoms with van der Waals surface area (Å²) in [5.74, 6) is -0.325. The monoisotopic (exact) mass is 495 g/mol. The van der Waals surface area contributed by atoms with Gasteiger partial charge in [0.1, 0.15) is 5.75 Å². The third kappa shape index (κ3) is 6.66. The third-order valence-corrected chi connectivity index (χ3v) is 6.76. The molecule has 2 aromatic rings. The van der Waals surface area contributed by atoms with Crippen LogP contribution in [0.4, 0.5) is 18.0 Å². The zero-order chi connectivity index (χ0) is 25.0. The maximum absolute atomic E-state index is 13.4. The van der Waals surface area contributed by atoms with Crippen LogP contribution in [0.2, 0.25) is 0 Å².